The molecule has 2 aromatic carbocycles. The van der Waals surface area contributed by atoms with Crippen LogP contribution in [0.5, 0.6) is 5.75 Å². The van der Waals surface area contributed by atoms with Gasteiger partial charge in [0.2, 0.25) is 5.82 Å². The summed E-state index contributed by atoms with van der Waals surface area (Å²) in [5.41, 5.74) is 0.601. The zero-order chi connectivity index (χ0) is 21.0. The molecule has 2 aromatic rings. The van der Waals surface area contributed by atoms with Crippen LogP contribution in [-0.2, 0) is 11.3 Å². The lowest BCUT2D eigenvalue weighted by molar-refractivity contribution is 0.0116. The first-order chi connectivity index (χ1) is 14.0. The van der Waals surface area contributed by atoms with Gasteiger partial charge in [-0.25, -0.2) is 13.2 Å². The van der Waals surface area contributed by atoms with Crippen LogP contribution in [-0.4, -0.2) is 12.7 Å². The van der Waals surface area contributed by atoms with Crippen molar-refractivity contribution in [3.8, 4) is 5.75 Å². The predicted molar refractivity (Wildman–Crippen MR) is 104 cm³/mol. The van der Waals surface area contributed by atoms with Crippen molar-refractivity contribution in [2.24, 2.45) is 0 Å². The van der Waals surface area contributed by atoms with Gasteiger partial charge >= 0.3 is 0 Å². The topological polar surface area (TPSA) is 18.5 Å². The largest absolute Gasteiger partial charge is 0.491 e. The standard InChI is InChI=1S/C23H24F4O2/c1-3-14-5-6-16(21(25)20(14)24)13-29-17-9-7-15(8-10-17)18-11-12-19(28-4-2)23(27)22(18)26/h3,5-6,11-12,15,17H,1,4,7-10,13H2,2H3. The number of rotatable bonds is 7. The van der Waals surface area contributed by atoms with Gasteiger partial charge in [0.05, 0.1) is 19.3 Å². The normalized spacial score (nSPS) is 19.2. The van der Waals surface area contributed by atoms with Gasteiger partial charge in [-0.05, 0) is 50.2 Å². The molecule has 0 amide bonds. The lowest BCUT2D eigenvalue weighted by Crippen LogP contribution is -2.21. The third-order valence-electron chi connectivity index (χ3n) is 5.38. The lowest BCUT2D eigenvalue weighted by atomic mass is 9.82. The SMILES string of the molecule is C=Cc1ccc(COC2CCC(c3ccc(OCC)c(F)c3F)CC2)c(F)c1F. The van der Waals surface area contributed by atoms with E-state index in [1.165, 1.54) is 24.3 Å². The van der Waals surface area contributed by atoms with Gasteiger partial charge in [-0.1, -0.05) is 30.9 Å². The Morgan fingerprint density at radius 1 is 0.931 bits per heavy atom. The average Bonchev–Trinajstić information content (AvgIpc) is 2.73. The second-order valence-corrected chi connectivity index (χ2v) is 7.14. The first-order valence-corrected chi connectivity index (χ1v) is 9.77. The average molecular weight is 408 g/mol. The zero-order valence-electron chi connectivity index (χ0n) is 16.3. The molecule has 156 valence electrons. The van der Waals surface area contributed by atoms with Crippen molar-refractivity contribution in [3.05, 3.63) is 70.8 Å². The second kappa shape index (κ2) is 9.44. The Balaban J connectivity index is 1.58. The molecule has 6 heteroatoms. The third kappa shape index (κ3) is 4.64. The molecule has 0 aliphatic heterocycles. The van der Waals surface area contributed by atoms with Gasteiger partial charge in [-0.15, -0.1) is 0 Å². The van der Waals surface area contributed by atoms with E-state index >= 15 is 0 Å². The van der Waals surface area contributed by atoms with Gasteiger partial charge < -0.3 is 9.47 Å². The van der Waals surface area contributed by atoms with Crippen LogP contribution < -0.4 is 4.74 Å². The third-order valence-corrected chi connectivity index (χ3v) is 5.38. The minimum Gasteiger partial charge on any atom is -0.491 e. The summed E-state index contributed by atoms with van der Waals surface area (Å²) < 4.78 is 67.3. The second-order valence-electron chi connectivity index (χ2n) is 7.14. The smallest absolute Gasteiger partial charge is 0.200 e. The maximum atomic E-state index is 14.4. The van der Waals surface area contributed by atoms with Gasteiger partial charge in [0.25, 0.3) is 0 Å². The Morgan fingerprint density at radius 3 is 2.31 bits per heavy atom. The summed E-state index contributed by atoms with van der Waals surface area (Å²) in [6.45, 7) is 5.38. The van der Waals surface area contributed by atoms with Crippen molar-refractivity contribution in [2.45, 2.75) is 51.2 Å². The number of ether oxygens (including phenoxy) is 2. The molecule has 0 radical (unpaired) electrons. The van der Waals surface area contributed by atoms with Crippen LogP contribution in [0.15, 0.2) is 30.8 Å². The quantitative estimate of drug-likeness (QED) is 0.485. The molecule has 0 spiro atoms. The molecule has 0 atom stereocenters. The van der Waals surface area contributed by atoms with E-state index in [-0.39, 0.29) is 42.1 Å². The number of hydrogen-bond donors (Lipinski definition) is 0. The number of hydrogen-bond acceptors (Lipinski definition) is 2. The molecule has 0 N–H and O–H groups in total. The predicted octanol–water partition coefficient (Wildman–Crippen LogP) is 6.53. The highest BCUT2D eigenvalue weighted by molar-refractivity contribution is 5.48. The summed E-state index contributed by atoms with van der Waals surface area (Å²) >= 11 is 0. The molecule has 1 aliphatic carbocycles. The van der Waals surface area contributed by atoms with Crippen molar-refractivity contribution in [3.63, 3.8) is 0 Å². The highest BCUT2D eigenvalue weighted by Crippen LogP contribution is 2.37. The molecule has 0 heterocycles. The van der Waals surface area contributed by atoms with Crippen molar-refractivity contribution >= 4 is 6.08 Å². The van der Waals surface area contributed by atoms with Crippen LogP contribution in [0, 0.1) is 23.3 Å². The van der Waals surface area contributed by atoms with E-state index < -0.39 is 23.3 Å². The van der Waals surface area contributed by atoms with E-state index in [9.17, 15) is 17.6 Å². The highest BCUT2D eigenvalue weighted by Gasteiger charge is 2.27. The van der Waals surface area contributed by atoms with Crippen molar-refractivity contribution < 1.29 is 27.0 Å². The zero-order valence-corrected chi connectivity index (χ0v) is 16.3. The molecule has 29 heavy (non-hydrogen) atoms. The number of benzene rings is 2. The van der Waals surface area contributed by atoms with E-state index in [1.54, 1.807) is 13.0 Å². The molecule has 0 aromatic heterocycles. The van der Waals surface area contributed by atoms with Crippen LogP contribution in [0.4, 0.5) is 17.6 Å². The van der Waals surface area contributed by atoms with Gasteiger partial charge in [-0.2, -0.15) is 4.39 Å². The monoisotopic (exact) mass is 408 g/mol. The van der Waals surface area contributed by atoms with Crippen LogP contribution in [0.25, 0.3) is 6.08 Å². The molecular weight excluding hydrogens is 384 g/mol. The molecule has 0 unspecified atom stereocenters. The maximum absolute atomic E-state index is 14.4. The van der Waals surface area contributed by atoms with Gasteiger partial charge in [-0.3, -0.25) is 0 Å². The van der Waals surface area contributed by atoms with Crippen LogP contribution in [0.1, 0.15) is 55.2 Å². The molecular formula is C23H24F4O2. The van der Waals surface area contributed by atoms with E-state index in [2.05, 4.69) is 6.58 Å². The van der Waals surface area contributed by atoms with Crippen LogP contribution in [0.2, 0.25) is 0 Å². The molecule has 3 rings (SSSR count). The van der Waals surface area contributed by atoms with Gasteiger partial charge in [0.15, 0.2) is 23.2 Å². The van der Waals surface area contributed by atoms with Crippen LogP contribution >= 0.6 is 0 Å². The maximum Gasteiger partial charge on any atom is 0.200 e. The summed E-state index contributed by atoms with van der Waals surface area (Å²) in [5.74, 6) is -3.87. The van der Waals surface area contributed by atoms with Crippen molar-refractivity contribution in [1.29, 1.82) is 0 Å². The first-order valence-electron chi connectivity index (χ1n) is 9.77. The van der Waals surface area contributed by atoms with Crippen molar-refractivity contribution in [2.75, 3.05) is 6.61 Å². The number of halogens is 4. The van der Waals surface area contributed by atoms with E-state index in [0.717, 1.165) is 0 Å². The Hall–Kier alpha value is -2.34. The fourth-order valence-electron chi connectivity index (χ4n) is 3.75. The van der Waals surface area contributed by atoms with Gasteiger partial charge in [0, 0.05) is 11.1 Å². The molecule has 0 saturated heterocycles. The Kier molecular flexibility index (Phi) is 6.96. The molecule has 1 fully saturated rings. The van der Waals surface area contributed by atoms with Crippen molar-refractivity contribution in [1.82, 2.24) is 0 Å². The summed E-state index contributed by atoms with van der Waals surface area (Å²) in [4.78, 5) is 0. The van der Waals surface area contributed by atoms with E-state index in [1.807, 2.05) is 0 Å². The molecule has 1 aliphatic rings. The van der Waals surface area contributed by atoms with E-state index in [0.29, 0.717) is 31.2 Å². The minimum absolute atomic E-state index is 0.0401. The lowest BCUT2D eigenvalue weighted by Gasteiger charge is -2.29. The van der Waals surface area contributed by atoms with Crippen LogP contribution in [0.3, 0.4) is 0 Å². The fraction of sp³-hybridized carbons (Fsp3) is 0.391. The van der Waals surface area contributed by atoms with E-state index in [4.69, 9.17) is 9.47 Å². The highest BCUT2D eigenvalue weighted by atomic mass is 19.2. The molecule has 0 bridgehead atoms. The first kappa shape index (κ1) is 21.4. The Bertz CT molecular complexity index is 874. The molecule has 2 nitrogen and oxygen atoms in total. The Labute approximate surface area is 168 Å². The van der Waals surface area contributed by atoms with Gasteiger partial charge in [0.1, 0.15) is 0 Å². The summed E-state index contributed by atoms with van der Waals surface area (Å²) in [5, 5.41) is 0. The summed E-state index contributed by atoms with van der Waals surface area (Å²) in [6.07, 6.45) is 3.64. The summed E-state index contributed by atoms with van der Waals surface area (Å²) in [6, 6.07) is 5.99. The fourth-order valence-corrected chi connectivity index (χ4v) is 3.75. The molecule has 1 saturated carbocycles. The minimum atomic E-state index is -0.955. The Morgan fingerprint density at radius 2 is 1.66 bits per heavy atom. The summed E-state index contributed by atoms with van der Waals surface area (Å²) in [7, 11) is 0.